The highest BCUT2D eigenvalue weighted by Crippen LogP contribution is 2.26. The van der Waals surface area contributed by atoms with Crippen LogP contribution in [0.5, 0.6) is 11.5 Å². The molecule has 0 fully saturated rings. The molecule has 1 aliphatic rings. The van der Waals surface area contributed by atoms with Gasteiger partial charge in [-0.3, -0.25) is 4.79 Å². The van der Waals surface area contributed by atoms with Crippen LogP contribution in [0.3, 0.4) is 0 Å². The van der Waals surface area contributed by atoms with Gasteiger partial charge < -0.3 is 14.4 Å². The highest BCUT2D eigenvalue weighted by Gasteiger charge is 2.20. The number of amides is 1. The summed E-state index contributed by atoms with van der Waals surface area (Å²) in [4.78, 5) is 14.3. The SMILES string of the molecule is CCOc1ccccc1OCC(=O)N1CCc2ccccc2C1. The van der Waals surface area contributed by atoms with Crippen molar-refractivity contribution in [3.05, 3.63) is 59.7 Å². The van der Waals surface area contributed by atoms with Gasteiger partial charge in [-0.15, -0.1) is 0 Å². The number of hydrogen-bond donors (Lipinski definition) is 0. The second kappa shape index (κ2) is 7.18. The molecule has 2 aromatic rings. The van der Waals surface area contributed by atoms with Crippen LogP contribution in [0, 0.1) is 0 Å². The summed E-state index contributed by atoms with van der Waals surface area (Å²) in [5, 5.41) is 0. The van der Waals surface area contributed by atoms with Gasteiger partial charge in [0.05, 0.1) is 6.61 Å². The van der Waals surface area contributed by atoms with Crippen LogP contribution in [0.2, 0.25) is 0 Å². The topological polar surface area (TPSA) is 38.8 Å². The van der Waals surface area contributed by atoms with Crippen molar-refractivity contribution in [2.75, 3.05) is 19.8 Å². The normalized spacial score (nSPS) is 13.3. The Hall–Kier alpha value is -2.49. The van der Waals surface area contributed by atoms with Crippen molar-refractivity contribution in [3.8, 4) is 11.5 Å². The molecule has 23 heavy (non-hydrogen) atoms. The van der Waals surface area contributed by atoms with Crippen LogP contribution in [0.25, 0.3) is 0 Å². The maximum Gasteiger partial charge on any atom is 0.260 e. The van der Waals surface area contributed by atoms with E-state index >= 15 is 0 Å². The van der Waals surface area contributed by atoms with E-state index in [0.29, 0.717) is 24.7 Å². The molecule has 0 saturated carbocycles. The van der Waals surface area contributed by atoms with Crippen LogP contribution in [-0.2, 0) is 17.8 Å². The van der Waals surface area contributed by atoms with Gasteiger partial charge in [0.1, 0.15) is 0 Å². The molecule has 120 valence electrons. The third kappa shape index (κ3) is 3.65. The Balaban J connectivity index is 1.60. The minimum atomic E-state index is 0.00537. The van der Waals surface area contributed by atoms with E-state index in [1.807, 2.05) is 48.2 Å². The summed E-state index contributed by atoms with van der Waals surface area (Å²) in [6, 6.07) is 15.7. The zero-order valence-electron chi connectivity index (χ0n) is 13.3. The highest BCUT2D eigenvalue weighted by atomic mass is 16.5. The molecule has 0 bridgehead atoms. The smallest absolute Gasteiger partial charge is 0.260 e. The Labute approximate surface area is 136 Å². The van der Waals surface area contributed by atoms with Gasteiger partial charge >= 0.3 is 0 Å². The van der Waals surface area contributed by atoms with Crippen LogP contribution >= 0.6 is 0 Å². The largest absolute Gasteiger partial charge is 0.490 e. The number of carbonyl (C=O) groups is 1. The zero-order chi connectivity index (χ0) is 16.1. The molecule has 1 heterocycles. The van der Waals surface area contributed by atoms with E-state index in [0.717, 1.165) is 13.0 Å². The summed E-state index contributed by atoms with van der Waals surface area (Å²) in [6.45, 7) is 3.92. The van der Waals surface area contributed by atoms with E-state index in [2.05, 4.69) is 12.1 Å². The molecule has 0 aromatic heterocycles. The van der Waals surface area contributed by atoms with Crippen molar-refractivity contribution in [1.29, 1.82) is 0 Å². The third-order valence-corrected chi connectivity index (χ3v) is 3.98. The highest BCUT2D eigenvalue weighted by molar-refractivity contribution is 5.78. The van der Waals surface area contributed by atoms with E-state index in [4.69, 9.17) is 9.47 Å². The molecule has 4 nitrogen and oxygen atoms in total. The molecule has 0 aliphatic carbocycles. The van der Waals surface area contributed by atoms with Crippen LogP contribution in [-0.4, -0.2) is 30.6 Å². The van der Waals surface area contributed by atoms with Crippen LogP contribution < -0.4 is 9.47 Å². The number of benzene rings is 2. The summed E-state index contributed by atoms with van der Waals surface area (Å²) in [5.41, 5.74) is 2.56. The van der Waals surface area contributed by atoms with Gasteiger partial charge in [-0.25, -0.2) is 0 Å². The number of ether oxygens (including phenoxy) is 2. The van der Waals surface area contributed by atoms with Crippen molar-refractivity contribution >= 4 is 5.91 Å². The van der Waals surface area contributed by atoms with Gasteiger partial charge in [0.15, 0.2) is 18.1 Å². The fourth-order valence-electron chi connectivity index (χ4n) is 2.78. The van der Waals surface area contributed by atoms with Crippen molar-refractivity contribution < 1.29 is 14.3 Å². The molecule has 1 aliphatic heterocycles. The number of hydrogen-bond acceptors (Lipinski definition) is 3. The first-order chi connectivity index (χ1) is 11.3. The summed E-state index contributed by atoms with van der Waals surface area (Å²) in [6.07, 6.45) is 0.900. The average Bonchev–Trinajstić information content (AvgIpc) is 2.60. The van der Waals surface area contributed by atoms with Crippen molar-refractivity contribution in [3.63, 3.8) is 0 Å². The Kier molecular flexibility index (Phi) is 4.81. The summed E-state index contributed by atoms with van der Waals surface area (Å²) in [5.74, 6) is 1.29. The molecule has 0 atom stereocenters. The van der Waals surface area contributed by atoms with Gasteiger partial charge in [-0.2, -0.15) is 0 Å². The fourth-order valence-corrected chi connectivity index (χ4v) is 2.78. The number of fused-ring (bicyclic) bond motifs is 1. The lowest BCUT2D eigenvalue weighted by atomic mass is 10.00. The van der Waals surface area contributed by atoms with E-state index < -0.39 is 0 Å². The van der Waals surface area contributed by atoms with E-state index in [1.165, 1.54) is 11.1 Å². The molecular weight excluding hydrogens is 290 g/mol. The maximum atomic E-state index is 12.4. The molecule has 1 amide bonds. The molecule has 0 unspecified atom stereocenters. The molecule has 2 aromatic carbocycles. The summed E-state index contributed by atoms with van der Waals surface area (Å²) >= 11 is 0. The lowest BCUT2D eigenvalue weighted by Gasteiger charge is -2.28. The second-order valence-electron chi connectivity index (χ2n) is 5.50. The van der Waals surface area contributed by atoms with E-state index in [9.17, 15) is 4.79 Å². The molecule has 0 spiro atoms. The monoisotopic (exact) mass is 311 g/mol. The van der Waals surface area contributed by atoms with Gasteiger partial charge in [0.25, 0.3) is 5.91 Å². The summed E-state index contributed by atoms with van der Waals surface area (Å²) < 4.78 is 11.2. The first-order valence-corrected chi connectivity index (χ1v) is 7.97. The summed E-state index contributed by atoms with van der Waals surface area (Å²) in [7, 11) is 0. The Morgan fingerprint density at radius 1 is 1.00 bits per heavy atom. The maximum absolute atomic E-state index is 12.4. The minimum Gasteiger partial charge on any atom is -0.490 e. The lowest BCUT2D eigenvalue weighted by Crippen LogP contribution is -2.38. The van der Waals surface area contributed by atoms with E-state index in [1.54, 1.807) is 0 Å². The first-order valence-electron chi connectivity index (χ1n) is 7.97. The number of nitrogens with zero attached hydrogens (tertiary/aromatic N) is 1. The average molecular weight is 311 g/mol. The number of para-hydroxylation sites is 2. The fraction of sp³-hybridized carbons (Fsp3) is 0.316. The minimum absolute atomic E-state index is 0.00537. The van der Waals surface area contributed by atoms with Crippen molar-refractivity contribution in [2.24, 2.45) is 0 Å². The number of carbonyl (C=O) groups excluding carboxylic acids is 1. The third-order valence-electron chi connectivity index (χ3n) is 3.98. The second-order valence-corrected chi connectivity index (χ2v) is 5.50. The van der Waals surface area contributed by atoms with Gasteiger partial charge in [-0.1, -0.05) is 36.4 Å². The molecule has 0 N–H and O–H groups in total. The molecular formula is C19H21NO3. The molecule has 0 saturated heterocycles. The van der Waals surface area contributed by atoms with Crippen LogP contribution in [0.1, 0.15) is 18.1 Å². The Bertz CT molecular complexity index is 684. The molecule has 0 radical (unpaired) electrons. The van der Waals surface area contributed by atoms with Gasteiger partial charge in [0, 0.05) is 13.1 Å². The van der Waals surface area contributed by atoms with E-state index in [-0.39, 0.29) is 12.5 Å². The Morgan fingerprint density at radius 3 is 2.39 bits per heavy atom. The molecule has 4 heteroatoms. The Morgan fingerprint density at radius 2 is 1.65 bits per heavy atom. The first kappa shape index (κ1) is 15.4. The lowest BCUT2D eigenvalue weighted by molar-refractivity contribution is -0.134. The predicted molar refractivity (Wildman–Crippen MR) is 88.7 cm³/mol. The van der Waals surface area contributed by atoms with Gasteiger partial charge in [0.2, 0.25) is 0 Å². The molecule has 3 rings (SSSR count). The zero-order valence-corrected chi connectivity index (χ0v) is 13.3. The van der Waals surface area contributed by atoms with Gasteiger partial charge in [-0.05, 0) is 36.6 Å². The van der Waals surface area contributed by atoms with Crippen molar-refractivity contribution in [1.82, 2.24) is 4.90 Å². The number of rotatable bonds is 5. The predicted octanol–water partition coefficient (Wildman–Crippen LogP) is 3.05. The van der Waals surface area contributed by atoms with Crippen LogP contribution in [0.4, 0.5) is 0 Å². The standard InChI is InChI=1S/C19H21NO3/c1-2-22-17-9-5-6-10-18(17)23-14-19(21)20-12-11-15-7-3-4-8-16(15)13-20/h3-10H,2,11-14H2,1H3. The van der Waals surface area contributed by atoms with Crippen LogP contribution in [0.15, 0.2) is 48.5 Å². The quantitative estimate of drug-likeness (QED) is 0.852. The van der Waals surface area contributed by atoms with Crippen molar-refractivity contribution in [2.45, 2.75) is 19.9 Å².